The molecule has 2 rings (SSSR count). The third kappa shape index (κ3) is 5.52. The number of likely N-dealkylation sites (tertiary alicyclic amines) is 1. The maximum Gasteiger partial charge on any atom is 0.260 e. The molecular weight excluding hydrogens is 292 g/mol. The predicted octanol–water partition coefficient (Wildman–Crippen LogP) is 2.04. The van der Waals surface area contributed by atoms with E-state index in [0.29, 0.717) is 13.2 Å². The van der Waals surface area contributed by atoms with Crippen LogP contribution < -0.4 is 10.5 Å². The molecule has 1 aliphatic rings. The molecule has 5 nitrogen and oxygen atoms in total. The van der Waals surface area contributed by atoms with E-state index in [9.17, 15) is 4.79 Å². The van der Waals surface area contributed by atoms with E-state index >= 15 is 0 Å². The zero-order valence-electron chi connectivity index (χ0n) is 14.2. The Kier molecular flexibility index (Phi) is 6.86. The van der Waals surface area contributed by atoms with Gasteiger partial charge in [0.05, 0.1) is 6.10 Å². The Labute approximate surface area is 138 Å². The topological polar surface area (TPSA) is 64.8 Å². The van der Waals surface area contributed by atoms with Crippen LogP contribution in [0.15, 0.2) is 18.2 Å². The van der Waals surface area contributed by atoms with Gasteiger partial charge in [0.25, 0.3) is 5.91 Å². The Balaban J connectivity index is 1.74. The molecule has 0 radical (unpaired) electrons. The lowest BCUT2D eigenvalue weighted by atomic mass is 10.1. The second kappa shape index (κ2) is 8.89. The average molecular weight is 320 g/mol. The van der Waals surface area contributed by atoms with Crippen molar-refractivity contribution < 1.29 is 14.3 Å². The SMILES string of the molecule is Cc1ccc(C)c(OCC(=O)N2CCC(OCCCN)CC2)c1. The number of rotatable bonds is 7. The second-order valence-corrected chi connectivity index (χ2v) is 6.15. The summed E-state index contributed by atoms with van der Waals surface area (Å²) in [7, 11) is 0. The van der Waals surface area contributed by atoms with Crippen LogP contribution in [0.25, 0.3) is 0 Å². The van der Waals surface area contributed by atoms with Gasteiger partial charge in [-0.2, -0.15) is 0 Å². The average Bonchev–Trinajstić information content (AvgIpc) is 2.56. The van der Waals surface area contributed by atoms with Crippen LogP contribution in [0.2, 0.25) is 0 Å². The van der Waals surface area contributed by atoms with Crippen LogP contribution in [-0.4, -0.2) is 49.8 Å². The van der Waals surface area contributed by atoms with Gasteiger partial charge in [0.15, 0.2) is 6.61 Å². The summed E-state index contributed by atoms with van der Waals surface area (Å²) in [6.45, 7) is 6.96. The van der Waals surface area contributed by atoms with Crippen LogP contribution in [-0.2, 0) is 9.53 Å². The molecule has 1 heterocycles. The normalized spacial score (nSPS) is 15.7. The number of carbonyl (C=O) groups excluding carboxylic acids is 1. The fourth-order valence-electron chi connectivity index (χ4n) is 2.70. The smallest absolute Gasteiger partial charge is 0.260 e. The minimum Gasteiger partial charge on any atom is -0.483 e. The molecule has 1 saturated heterocycles. The Morgan fingerprint density at radius 3 is 2.74 bits per heavy atom. The molecule has 23 heavy (non-hydrogen) atoms. The maximum atomic E-state index is 12.3. The van der Waals surface area contributed by atoms with Crippen LogP contribution in [0.5, 0.6) is 5.75 Å². The first kappa shape index (κ1) is 17.8. The molecule has 0 unspecified atom stereocenters. The highest BCUT2D eigenvalue weighted by atomic mass is 16.5. The minimum absolute atomic E-state index is 0.0475. The van der Waals surface area contributed by atoms with Crippen molar-refractivity contribution in [1.82, 2.24) is 4.90 Å². The number of ether oxygens (including phenoxy) is 2. The molecule has 0 bridgehead atoms. The molecule has 128 valence electrons. The second-order valence-electron chi connectivity index (χ2n) is 6.15. The zero-order valence-corrected chi connectivity index (χ0v) is 14.2. The largest absolute Gasteiger partial charge is 0.483 e. The molecule has 1 amide bonds. The number of hydrogen-bond acceptors (Lipinski definition) is 4. The monoisotopic (exact) mass is 320 g/mol. The van der Waals surface area contributed by atoms with E-state index in [2.05, 4.69) is 0 Å². The highest BCUT2D eigenvalue weighted by Crippen LogP contribution is 2.20. The number of hydrogen-bond donors (Lipinski definition) is 1. The van der Waals surface area contributed by atoms with Crippen LogP contribution in [0, 0.1) is 13.8 Å². The van der Waals surface area contributed by atoms with Crippen molar-refractivity contribution in [3.63, 3.8) is 0 Å². The van der Waals surface area contributed by atoms with Crippen molar-refractivity contribution >= 4 is 5.91 Å². The number of amides is 1. The van der Waals surface area contributed by atoms with Crippen molar-refractivity contribution in [1.29, 1.82) is 0 Å². The maximum absolute atomic E-state index is 12.3. The highest BCUT2D eigenvalue weighted by molar-refractivity contribution is 5.77. The van der Waals surface area contributed by atoms with Gasteiger partial charge in [-0.15, -0.1) is 0 Å². The summed E-state index contributed by atoms with van der Waals surface area (Å²) in [4.78, 5) is 14.1. The molecule has 0 atom stereocenters. The van der Waals surface area contributed by atoms with E-state index in [1.54, 1.807) is 0 Å². The minimum atomic E-state index is 0.0475. The highest BCUT2D eigenvalue weighted by Gasteiger charge is 2.23. The van der Waals surface area contributed by atoms with Gasteiger partial charge in [-0.05, 0) is 56.8 Å². The van der Waals surface area contributed by atoms with Gasteiger partial charge in [-0.25, -0.2) is 0 Å². The van der Waals surface area contributed by atoms with E-state index in [-0.39, 0.29) is 18.6 Å². The summed E-state index contributed by atoms with van der Waals surface area (Å²) in [5.74, 6) is 0.838. The van der Waals surface area contributed by atoms with Crippen LogP contribution in [0.3, 0.4) is 0 Å². The first-order valence-electron chi connectivity index (χ1n) is 8.39. The van der Waals surface area contributed by atoms with Gasteiger partial charge in [0, 0.05) is 19.7 Å². The summed E-state index contributed by atoms with van der Waals surface area (Å²) >= 11 is 0. The number of aryl methyl sites for hydroxylation is 2. The predicted molar refractivity (Wildman–Crippen MR) is 90.6 cm³/mol. The van der Waals surface area contributed by atoms with Gasteiger partial charge >= 0.3 is 0 Å². The Morgan fingerprint density at radius 1 is 1.30 bits per heavy atom. The lowest BCUT2D eigenvalue weighted by Crippen LogP contribution is -2.43. The van der Waals surface area contributed by atoms with Crippen molar-refractivity contribution in [2.75, 3.05) is 32.8 Å². The standard InChI is InChI=1S/C18H28N2O3/c1-14-4-5-15(2)17(12-14)23-13-18(21)20-9-6-16(7-10-20)22-11-3-8-19/h4-5,12,16H,3,6-11,13,19H2,1-2H3. The third-order valence-electron chi connectivity index (χ3n) is 4.19. The van der Waals surface area contributed by atoms with Crippen molar-refractivity contribution in [2.45, 2.75) is 39.2 Å². The quantitative estimate of drug-likeness (QED) is 0.781. The van der Waals surface area contributed by atoms with Gasteiger partial charge in [-0.3, -0.25) is 4.79 Å². The summed E-state index contributed by atoms with van der Waals surface area (Å²) in [6.07, 6.45) is 2.92. The molecule has 1 aromatic rings. The van der Waals surface area contributed by atoms with E-state index in [1.807, 2.05) is 36.9 Å². The number of nitrogens with zero attached hydrogens (tertiary/aromatic N) is 1. The van der Waals surface area contributed by atoms with Crippen molar-refractivity contribution in [2.24, 2.45) is 5.73 Å². The molecule has 1 aromatic carbocycles. The van der Waals surface area contributed by atoms with Gasteiger partial charge in [0.2, 0.25) is 0 Å². The third-order valence-corrected chi connectivity index (χ3v) is 4.19. The van der Waals surface area contributed by atoms with E-state index < -0.39 is 0 Å². The fourth-order valence-corrected chi connectivity index (χ4v) is 2.70. The number of nitrogens with two attached hydrogens (primary N) is 1. The van der Waals surface area contributed by atoms with Gasteiger partial charge in [-0.1, -0.05) is 12.1 Å². The first-order chi connectivity index (χ1) is 11.1. The molecule has 0 spiro atoms. The van der Waals surface area contributed by atoms with Crippen molar-refractivity contribution in [3.05, 3.63) is 29.3 Å². The van der Waals surface area contributed by atoms with Gasteiger partial charge in [0.1, 0.15) is 5.75 Å². The molecule has 2 N–H and O–H groups in total. The Bertz CT molecular complexity index is 511. The molecule has 0 aliphatic carbocycles. The summed E-state index contributed by atoms with van der Waals surface area (Å²) < 4.78 is 11.5. The number of benzene rings is 1. The van der Waals surface area contributed by atoms with Crippen LogP contribution in [0.1, 0.15) is 30.4 Å². The van der Waals surface area contributed by atoms with E-state index in [4.69, 9.17) is 15.2 Å². The molecule has 0 aromatic heterocycles. The molecular formula is C18H28N2O3. The Morgan fingerprint density at radius 2 is 2.04 bits per heavy atom. The number of piperidine rings is 1. The lowest BCUT2D eigenvalue weighted by Gasteiger charge is -2.32. The molecule has 5 heteroatoms. The van der Waals surface area contributed by atoms with E-state index in [0.717, 1.165) is 49.2 Å². The van der Waals surface area contributed by atoms with Crippen molar-refractivity contribution in [3.8, 4) is 5.75 Å². The summed E-state index contributed by atoms with van der Waals surface area (Å²) in [5, 5.41) is 0. The summed E-state index contributed by atoms with van der Waals surface area (Å²) in [5.41, 5.74) is 7.64. The van der Waals surface area contributed by atoms with Crippen LogP contribution in [0.4, 0.5) is 0 Å². The zero-order chi connectivity index (χ0) is 16.7. The van der Waals surface area contributed by atoms with Gasteiger partial charge < -0.3 is 20.1 Å². The Hall–Kier alpha value is -1.59. The summed E-state index contributed by atoms with van der Waals surface area (Å²) in [6, 6.07) is 6.03. The fraction of sp³-hybridized carbons (Fsp3) is 0.611. The number of carbonyl (C=O) groups is 1. The lowest BCUT2D eigenvalue weighted by molar-refractivity contribution is -0.136. The molecule has 0 saturated carbocycles. The van der Waals surface area contributed by atoms with E-state index in [1.165, 1.54) is 0 Å². The van der Waals surface area contributed by atoms with Crippen LogP contribution >= 0.6 is 0 Å². The first-order valence-corrected chi connectivity index (χ1v) is 8.39. The molecule has 1 aliphatic heterocycles. The molecule has 1 fully saturated rings.